The molecule has 0 saturated heterocycles. The number of fused-ring (bicyclic) bond motifs is 1. The Bertz CT molecular complexity index is 635. The zero-order valence-corrected chi connectivity index (χ0v) is 10.6. The largest absolute Gasteiger partial charge is 0.280 e. The van der Waals surface area contributed by atoms with Gasteiger partial charge in [-0.1, -0.05) is 23.7 Å². The van der Waals surface area contributed by atoms with Crippen LogP contribution in [-0.4, -0.2) is 4.92 Å². The maximum Gasteiger partial charge on any atom is 0.280 e. The summed E-state index contributed by atoms with van der Waals surface area (Å²) in [5.41, 5.74) is 2.53. The molecule has 0 aliphatic rings. The van der Waals surface area contributed by atoms with Crippen LogP contribution in [0, 0.1) is 30.9 Å². The van der Waals surface area contributed by atoms with Crippen LogP contribution in [0.4, 0.5) is 5.69 Å². The smallest absolute Gasteiger partial charge is 0.258 e. The van der Waals surface area contributed by atoms with E-state index in [-0.39, 0.29) is 10.6 Å². The zero-order chi connectivity index (χ0) is 12.7. The first-order valence-electron chi connectivity index (χ1n) is 5.27. The van der Waals surface area contributed by atoms with E-state index in [9.17, 15) is 10.1 Å². The summed E-state index contributed by atoms with van der Waals surface area (Å²) in [6.07, 6.45) is 0. The van der Waals surface area contributed by atoms with Gasteiger partial charge in [0.05, 0.1) is 15.3 Å². The van der Waals surface area contributed by atoms with E-state index in [0.29, 0.717) is 16.0 Å². The number of nitrogens with zero attached hydrogens (tertiary/aromatic N) is 1. The quantitative estimate of drug-likeness (QED) is 0.558. The van der Waals surface area contributed by atoms with Gasteiger partial charge in [0.15, 0.2) is 0 Å². The Labute approximate surface area is 104 Å². The summed E-state index contributed by atoms with van der Waals surface area (Å²) in [6.45, 7) is 5.46. The molecule has 4 heteroatoms. The fourth-order valence-electron chi connectivity index (χ4n) is 2.12. The van der Waals surface area contributed by atoms with Gasteiger partial charge in [0.2, 0.25) is 0 Å². The summed E-state index contributed by atoms with van der Waals surface area (Å²) >= 11 is 6.29. The van der Waals surface area contributed by atoms with Crippen LogP contribution in [0.25, 0.3) is 10.8 Å². The van der Waals surface area contributed by atoms with Gasteiger partial charge in [-0.2, -0.15) is 0 Å². The fraction of sp³-hybridized carbons (Fsp3) is 0.231. The summed E-state index contributed by atoms with van der Waals surface area (Å²) in [7, 11) is 0. The van der Waals surface area contributed by atoms with Gasteiger partial charge in [-0.15, -0.1) is 0 Å². The Morgan fingerprint density at radius 1 is 1.18 bits per heavy atom. The molecule has 0 aliphatic heterocycles. The molecule has 0 aromatic heterocycles. The van der Waals surface area contributed by atoms with Crippen molar-refractivity contribution in [3.63, 3.8) is 0 Å². The molecule has 0 saturated carbocycles. The third-order valence-corrected chi connectivity index (χ3v) is 3.65. The highest BCUT2D eigenvalue weighted by molar-refractivity contribution is 6.37. The van der Waals surface area contributed by atoms with Crippen molar-refractivity contribution in [2.24, 2.45) is 0 Å². The highest BCUT2D eigenvalue weighted by atomic mass is 35.5. The third-order valence-electron chi connectivity index (χ3n) is 3.18. The third kappa shape index (κ3) is 1.67. The molecular formula is C13H12ClNO2. The summed E-state index contributed by atoms with van der Waals surface area (Å²) in [5.74, 6) is 0. The molecule has 0 bridgehead atoms. The molecule has 0 radical (unpaired) electrons. The van der Waals surface area contributed by atoms with Gasteiger partial charge in [-0.05, 0) is 38.0 Å². The molecule has 2 rings (SSSR count). The first-order chi connectivity index (χ1) is 7.95. The van der Waals surface area contributed by atoms with Crippen molar-refractivity contribution in [1.29, 1.82) is 0 Å². The minimum Gasteiger partial charge on any atom is -0.258 e. The number of nitro benzene ring substituents is 1. The molecular weight excluding hydrogens is 238 g/mol. The van der Waals surface area contributed by atoms with Crippen LogP contribution in [0.2, 0.25) is 5.02 Å². The zero-order valence-electron chi connectivity index (χ0n) is 9.87. The van der Waals surface area contributed by atoms with Gasteiger partial charge in [0.1, 0.15) is 0 Å². The lowest BCUT2D eigenvalue weighted by molar-refractivity contribution is -0.383. The van der Waals surface area contributed by atoms with E-state index < -0.39 is 0 Å². The maximum absolute atomic E-state index is 11.2. The molecule has 2 aromatic rings. The predicted molar refractivity (Wildman–Crippen MR) is 69.8 cm³/mol. The molecule has 0 unspecified atom stereocenters. The van der Waals surface area contributed by atoms with Crippen LogP contribution in [0.15, 0.2) is 18.2 Å². The van der Waals surface area contributed by atoms with Crippen LogP contribution >= 0.6 is 11.6 Å². The molecule has 0 atom stereocenters. The van der Waals surface area contributed by atoms with Gasteiger partial charge in [0, 0.05) is 10.9 Å². The molecule has 0 aliphatic carbocycles. The maximum atomic E-state index is 11.2. The fourth-order valence-corrected chi connectivity index (χ4v) is 2.52. The number of benzene rings is 2. The van der Waals surface area contributed by atoms with E-state index >= 15 is 0 Å². The SMILES string of the molecule is Cc1c(C)c(Cl)c2c(C)cccc2c1[N+](=O)[O-]. The monoisotopic (exact) mass is 249 g/mol. The molecule has 3 nitrogen and oxygen atoms in total. The van der Waals surface area contributed by atoms with E-state index in [1.165, 1.54) is 0 Å². The number of aryl methyl sites for hydroxylation is 1. The van der Waals surface area contributed by atoms with Crippen molar-refractivity contribution in [2.45, 2.75) is 20.8 Å². The van der Waals surface area contributed by atoms with Gasteiger partial charge >= 0.3 is 0 Å². The number of halogens is 1. The Hall–Kier alpha value is -1.61. The van der Waals surface area contributed by atoms with Gasteiger partial charge in [0.25, 0.3) is 5.69 Å². The second kappa shape index (κ2) is 4.00. The van der Waals surface area contributed by atoms with Crippen molar-refractivity contribution >= 4 is 28.1 Å². The number of hydrogen-bond donors (Lipinski definition) is 0. The molecule has 0 heterocycles. The van der Waals surface area contributed by atoms with Crippen LogP contribution < -0.4 is 0 Å². The van der Waals surface area contributed by atoms with Crippen LogP contribution in [0.3, 0.4) is 0 Å². The summed E-state index contributed by atoms with van der Waals surface area (Å²) in [5, 5.41) is 13.2. The van der Waals surface area contributed by atoms with Crippen molar-refractivity contribution in [1.82, 2.24) is 0 Å². The van der Waals surface area contributed by atoms with Crippen molar-refractivity contribution < 1.29 is 4.92 Å². The Kier molecular flexibility index (Phi) is 2.79. The molecule has 88 valence electrons. The molecule has 2 aromatic carbocycles. The second-order valence-electron chi connectivity index (χ2n) is 4.17. The lowest BCUT2D eigenvalue weighted by Gasteiger charge is -2.11. The van der Waals surface area contributed by atoms with E-state index in [2.05, 4.69) is 0 Å². The topological polar surface area (TPSA) is 43.1 Å². The standard InChI is InChI=1S/C13H12ClNO2/c1-7-5-4-6-10-11(7)12(14)8(2)9(3)13(10)15(16)17/h4-6H,1-3H3. The van der Waals surface area contributed by atoms with Crippen molar-refractivity contribution in [2.75, 3.05) is 0 Å². The minimum absolute atomic E-state index is 0.158. The Balaban J connectivity index is 3.10. The van der Waals surface area contributed by atoms with Gasteiger partial charge < -0.3 is 0 Å². The highest BCUT2D eigenvalue weighted by Crippen LogP contribution is 2.39. The molecule has 0 fully saturated rings. The van der Waals surface area contributed by atoms with Crippen LogP contribution in [-0.2, 0) is 0 Å². The summed E-state index contributed by atoms with van der Waals surface area (Å²) in [4.78, 5) is 10.8. The second-order valence-corrected chi connectivity index (χ2v) is 4.55. The average molecular weight is 250 g/mol. The molecule has 17 heavy (non-hydrogen) atoms. The first-order valence-corrected chi connectivity index (χ1v) is 5.65. The van der Waals surface area contributed by atoms with E-state index in [4.69, 9.17) is 11.6 Å². The summed E-state index contributed by atoms with van der Waals surface area (Å²) < 4.78 is 0. The highest BCUT2D eigenvalue weighted by Gasteiger charge is 2.21. The average Bonchev–Trinajstić information content (AvgIpc) is 2.25. The number of nitro groups is 1. The lowest BCUT2D eigenvalue weighted by Crippen LogP contribution is -1.97. The minimum atomic E-state index is -0.333. The molecule has 0 amide bonds. The van der Waals surface area contributed by atoms with E-state index in [1.807, 2.05) is 26.0 Å². The van der Waals surface area contributed by atoms with Gasteiger partial charge in [-0.3, -0.25) is 10.1 Å². The molecule has 0 N–H and O–H groups in total. The normalized spacial score (nSPS) is 10.8. The Morgan fingerprint density at radius 3 is 2.41 bits per heavy atom. The van der Waals surface area contributed by atoms with Crippen molar-refractivity contribution in [3.8, 4) is 0 Å². The summed E-state index contributed by atoms with van der Waals surface area (Å²) in [6, 6.07) is 5.47. The first kappa shape index (κ1) is 11.9. The van der Waals surface area contributed by atoms with Gasteiger partial charge in [-0.25, -0.2) is 0 Å². The Morgan fingerprint density at radius 2 is 1.82 bits per heavy atom. The number of hydrogen-bond acceptors (Lipinski definition) is 2. The van der Waals surface area contributed by atoms with E-state index in [0.717, 1.165) is 16.5 Å². The lowest BCUT2D eigenvalue weighted by atomic mass is 9.97. The number of rotatable bonds is 1. The van der Waals surface area contributed by atoms with Crippen LogP contribution in [0.5, 0.6) is 0 Å². The predicted octanol–water partition coefficient (Wildman–Crippen LogP) is 4.33. The van der Waals surface area contributed by atoms with E-state index in [1.54, 1.807) is 13.0 Å². The van der Waals surface area contributed by atoms with Crippen molar-refractivity contribution in [3.05, 3.63) is 50.0 Å². The van der Waals surface area contributed by atoms with Crippen LogP contribution in [0.1, 0.15) is 16.7 Å². The molecule has 0 spiro atoms.